The number of likely N-dealkylation sites (N-methyl/N-ethyl adjacent to an activating group) is 1. The van der Waals surface area contributed by atoms with Gasteiger partial charge >= 0.3 is 11.9 Å². The smallest absolute Gasteiger partial charge is 0.311 e. The van der Waals surface area contributed by atoms with Crippen molar-refractivity contribution in [3.63, 3.8) is 0 Å². The molecular weight excluding hydrogens is 705 g/mol. The Labute approximate surface area is 338 Å². The minimum absolute atomic E-state index is 0.00482. The number of azo groups is 1. The Morgan fingerprint density at radius 1 is 0.607 bits per heavy atom. The van der Waals surface area contributed by atoms with Crippen molar-refractivity contribution >= 4 is 34.7 Å². The first-order chi connectivity index (χ1) is 27.0. The molecule has 0 saturated heterocycles. The normalized spacial score (nSPS) is 13.6. The Kier molecular flexibility index (Phi) is 23.9. The summed E-state index contributed by atoms with van der Waals surface area (Å²) in [5, 5.41) is 19.3. The molecule has 2 atom stereocenters. The van der Waals surface area contributed by atoms with Gasteiger partial charge in [-0.3, -0.25) is 19.7 Å². The van der Waals surface area contributed by atoms with E-state index < -0.39 is 15.8 Å². The lowest BCUT2D eigenvalue weighted by Crippen LogP contribution is -2.36. The van der Waals surface area contributed by atoms with Crippen LogP contribution in [-0.4, -0.2) is 43.2 Å². The summed E-state index contributed by atoms with van der Waals surface area (Å²) in [6.07, 6.45) is 23.4. The number of carbonyl (C=O) groups is 2. The molecule has 0 aliphatic heterocycles. The van der Waals surface area contributed by atoms with E-state index in [1.165, 1.54) is 102 Å². The molecule has 2 aromatic rings. The highest BCUT2D eigenvalue weighted by Gasteiger charge is 2.39. The van der Waals surface area contributed by atoms with Crippen LogP contribution in [-0.2, 0) is 19.1 Å². The van der Waals surface area contributed by atoms with E-state index in [-0.39, 0.29) is 24.2 Å². The van der Waals surface area contributed by atoms with Gasteiger partial charge in [-0.05, 0) is 89.3 Å². The van der Waals surface area contributed by atoms with Crippen LogP contribution in [0.2, 0.25) is 0 Å². The minimum atomic E-state index is -0.696. The Hall–Kier alpha value is -3.82. The van der Waals surface area contributed by atoms with Gasteiger partial charge in [0.2, 0.25) is 0 Å². The van der Waals surface area contributed by atoms with E-state index >= 15 is 0 Å². The van der Waals surface area contributed by atoms with Crippen LogP contribution in [0, 0.1) is 20.9 Å². The number of hydrogen-bond donors (Lipinski definition) is 0. The molecule has 2 rings (SSSR count). The highest BCUT2D eigenvalue weighted by atomic mass is 16.6. The number of non-ortho nitro benzene ring substituents is 1. The van der Waals surface area contributed by atoms with Gasteiger partial charge in [0.05, 0.1) is 40.3 Å². The molecule has 0 N–H and O–H groups in total. The molecule has 314 valence electrons. The second-order valence-electron chi connectivity index (χ2n) is 16.0. The number of nitrogens with zero attached hydrogens (tertiary/aromatic N) is 4. The maximum atomic E-state index is 13.4. The number of nitro groups is 1. The molecule has 2 unspecified atom stereocenters. The highest BCUT2D eigenvalue weighted by Crippen LogP contribution is 2.38. The third-order valence-electron chi connectivity index (χ3n) is 11.5. The molecule has 56 heavy (non-hydrogen) atoms. The second-order valence-corrected chi connectivity index (χ2v) is 16.0. The van der Waals surface area contributed by atoms with E-state index in [0.29, 0.717) is 50.2 Å². The van der Waals surface area contributed by atoms with Gasteiger partial charge in [0.25, 0.3) is 5.69 Å². The molecular formula is C46H74N4O6. The zero-order valence-corrected chi connectivity index (χ0v) is 35.8. The Bertz CT molecular complexity index is 1420. The standard InChI is InChI=1S/C46H74N4O6/c1-7-11-12-13-14-15-16-17-18-19-20-21-22-23-24-25-37-55-43(51)45(5,8-2)34-35-46(6,9-3)44(52)56-38-36-49(10-4)41-30-26-39(27-31-41)47-48-40-28-32-42(33-29-40)50(53)54/h26-33H,7-25,34-38H2,1-6H3. The van der Waals surface area contributed by atoms with Crippen molar-refractivity contribution in [1.29, 1.82) is 0 Å². The van der Waals surface area contributed by atoms with Gasteiger partial charge in [0.1, 0.15) is 6.61 Å². The largest absolute Gasteiger partial charge is 0.465 e. The molecule has 0 fully saturated rings. The van der Waals surface area contributed by atoms with Gasteiger partial charge in [-0.1, -0.05) is 117 Å². The Morgan fingerprint density at radius 2 is 1.00 bits per heavy atom. The van der Waals surface area contributed by atoms with E-state index in [9.17, 15) is 19.7 Å². The number of unbranched alkanes of at least 4 members (excludes halogenated alkanes) is 15. The maximum absolute atomic E-state index is 13.4. The van der Waals surface area contributed by atoms with Crippen LogP contribution in [0.15, 0.2) is 58.8 Å². The van der Waals surface area contributed by atoms with Crippen molar-refractivity contribution < 1.29 is 24.0 Å². The van der Waals surface area contributed by atoms with Gasteiger partial charge in [0, 0.05) is 24.4 Å². The summed E-state index contributed by atoms with van der Waals surface area (Å²) in [7, 11) is 0. The summed E-state index contributed by atoms with van der Waals surface area (Å²) in [4.78, 5) is 39.2. The number of ether oxygens (including phenoxy) is 2. The lowest BCUT2D eigenvalue weighted by molar-refractivity contribution is -0.384. The Balaban J connectivity index is 1.67. The van der Waals surface area contributed by atoms with Crippen molar-refractivity contribution in [1.82, 2.24) is 0 Å². The summed E-state index contributed by atoms with van der Waals surface area (Å²) in [6, 6.07) is 13.5. The third-order valence-corrected chi connectivity index (χ3v) is 11.5. The number of carbonyl (C=O) groups excluding carboxylic acids is 2. The number of hydrogen-bond acceptors (Lipinski definition) is 9. The lowest BCUT2D eigenvalue weighted by atomic mass is 9.74. The van der Waals surface area contributed by atoms with Gasteiger partial charge in [-0.15, -0.1) is 0 Å². The first-order valence-electron chi connectivity index (χ1n) is 21.9. The first kappa shape index (κ1) is 48.3. The highest BCUT2D eigenvalue weighted by molar-refractivity contribution is 5.78. The fourth-order valence-corrected chi connectivity index (χ4v) is 6.77. The number of benzene rings is 2. The predicted octanol–water partition coefficient (Wildman–Crippen LogP) is 13.8. The van der Waals surface area contributed by atoms with Crippen molar-refractivity contribution in [2.75, 3.05) is 31.2 Å². The molecule has 0 heterocycles. The number of rotatable bonds is 32. The van der Waals surface area contributed by atoms with Crippen LogP contribution < -0.4 is 4.90 Å². The summed E-state index contributed by atoms with van der Waals surface area (Å²) >= 11 is 0. The van der Waals surface area contributed by atoms with Crippen LogP contribution >= 0.6 is 0 Å². The SMILES string of the molecule is CCCCCCCCCCCCCCCCCCOC(=O)C(C)(CC)CCC(C)(CC)C(=O)OCCN(CC)c1ccc(N=Nc2ccc([N+](=O)[O-])cc2)cc1. The summed E-state index contributed by atoms with van der Waals surface area (Å²) in [5.41, 5.74) is 0.807. The molecule has 2 aromatic carbocycles. The summed E-state index contributed by atoms with van der Waals surface area (Å²) in [6.45, 7) is 14.2. The van der Waals surface area contributed by atoms with Gasteiger partial charge < -0.3 is 14.4 Å². The number of anilines is 1. The predicted molar refractivity (Wildman–Crippen MR) is 229 cm³/mol. The lowest BCUT2D eigenvalue weighted by Gasteiger charge is -2.32. The molecule has 0 aliphatic rings. The van der Waals surface area contributed by atoms with Crippen LogP contribution in [0.5, 0.6) is 0 Å². The quantitative estimate of drug-likeness (QED) is 0.0238. The van der Waals surface area contributed by atoms with E-state index in [0.717, 1.165) is 25.1 Å². The average Bonchev–Trinajstić information content (AvgIpc) is 3.21. The van der Waals surface area contributed by atoms with Crippen LogP contribution in [0.4, 0.5) is 22.7 Å². The van der Waals surface area contributed by atoms with E-state index in [2.05, 4.69) is 22.1 Å². The molecule has 10 nitrogen and oxygen atoms in total. The monoisotopic (exact) mass is 779 g/mol. The van der Waals surface area contributed by atoms with Crippen LogP contribution in [0.25, 0.3) is 0 Å². The second kappa shape index (κ2) is 27.7. The van der Waals surface area contributed by atoms with Crippen molar-refractivity contribution in [3.8, 4) is 0 Å². The third kappa shape index (κ3) is 18.4. The number of nitro benzene ring substituents is 1. The molecule has 10 heteroatoms. The van der Waals surface area contributed by atoms with Crippen molar-refractivity contribution in [2.24, 2.45) is 21.1 Å². The fourth-order valence-electron chi connectivity index (χ4n) is 6.77. The number of esters is 2. The summed E-state index contributed by atoms with van der Waals surface area (Å²) < 4.78 is 11.6. The van der Waals surface area contributed by atoms with Crippen LogP contribution in [0.1, 0.15) is 170 Å². The molecule has 0 spiro atoms. The van der Waals surface area contributed by atoms with Crippen molar-refractivity contribution in [2.45, 2.75) is 170 Å². The summed E-state index contributed by atoms with van der Waals surface area (Å²) in [5.74, 6) is -0.400. The fraction of sp³-hybridized carbons (Fsp3) is 0.696. The van der Waals surface area contributed by atoms with E-state index in [4.69, 9.17) is 9.47 Å². The molecule has 0 radical (unpaired) electrons. The van der Waals surface area contributed by atoms with Gasteiger partial charge in [0.15, 0.2) is 0 Å². The zero-order valence-electron chi connectivity index (χ0n) is 35.8. The molecule has 0 bridgehead atoms. The van der Waals surface area contributed by atoms with Gasteiger partial charge in [-0.2, -0.15) is 10.2 Å². The minimum Gasteiger partial charge on any atom is -0.465 e. The average molecular weight is 779 g/mol. The molecule has 0 aliphatic carbocycles. The molecule has 0 aromatic heterocycles. The van der Waals surface area contributed by atoms with E-state index in [1.807, 2.05) is 58.9 Å². The molecule has 0 amide bonds. The Morgan fingerprint density at radius 3 is 1.39 bits per heavy atom. The zero-order chi connectivity index (χ0) is 41.1. The maximum Gasteiger partial charge on any atom is 0.311 e. The van der Waals surface area contributed by atoms with Crippen molar-refractivity contribution in [3.05, 3.63) is 58.6 Å². The molecule has 0 saturated carbocycles. The van der Waals surface area contributed by atoms with E-state index in [1.54, 1.807) is 12.1 Å². The topological polar surface area (TPSA) is 124 Å². The van der Waals surface area contributed by atoms with Crippen LogP contribution in [0.3, 0.4) is 0 Å². The first-order valence-corrected chi connectivity index (χ1v) is 21.9. The van der Waals surface area contributed by atoms with Gasteiger partial charge in [-0.25, -0.2) is 0 Å².